The predicted octanol–water partition coefficient (Wildman–Crippen LogP) is 4.65. The first-order chi connectivity index (χ1) is 9.84. The summed E-state index contributed by atoms with van der Waals surface area (Å²) < 4.78 is 14.1. The standard InChI is InChI=1S/C18H16FN/c19-16-11-5-10-15-13-8-4-9-14(13)17(20-18(15)16)12-6-2-1-3-7-12/h1-8,10-11,13-14,17,20H,9H2/t13-,14+,17+/m0/s1. The van der Waals surface area contributed by atoms with Crippen LogP contribution in [0.2, 0.25) is 0 Å². The SMILES string of the molecule is Fc1cccc2c1N[C@H](c1ccccc1)[C@@H]1CC=C[C@H]21. The Morgan fingerprint density at radius 2 is 1.85 bits per heavy atom. The van der Waals surface area contributed by atoms with Gasteiger partial charge in [-0.2, -0.15) is 0 Å². The van der Waals surface area contributed by atoms with Crippen molar-refractivity contribution in [3.63, 3.8) is 0 Å². The summed E-state index contributed by atoms with van der Waals surface area (Å²) in [5, 5.41) is 3.44. The second kappa shape index (κ2) is 4.48. The van der Waals surface area contributed by atoms with E-state index in [2.05, 4.69) is 29.6 Å². The van der Waals surface area contributed by atoms with Crippen LogP contribution in [0, 0.1) is 11.7 Å². The molecule has 1 heterocycles. The van der Waals surface area contributed by atoms with Crippen LogP contribution in [0.4, 0.5) is 10.1 Å². The second-order valence-electron chi connectivity index (χ2n) is 5.59. The molecule has 0 saturated heterocycles. The summed E-state index contributed by atoms with van der Waals surface area (Å²) in [4.78, 5) is 0. The van der Waals surface area contributed by atoms with Crippen molar-refractivity contribution in [3.8, 4) is 0 Å². The van der Waals surface area contributed by atoms with Crippen LogP contribution < -0.4 is 5.32 Å². The van der Waals surface area contributed by atoms with E-state index >= 15 is 0 Å². The van der Waals surface area contributed by atoms with E-state index in [0.29, 0.717) is 17.5 Å². The van der Waals surface area contributed by atoms with E-state index in [1.165, 1.54) is 11.6 Å². The van der Waals surface area contributed by atoms with E-state index in [4.69, 9.17) is 0 Å². The lowest BCUT2D eigenvalue weighted by atomic mass is 9.77. The summed E-state index contributed by atoms with van der Waals surface area (Å²) in [6.07, 6.45) is 5.51. The fraction of sp³-hybridized carbons (Fsp3) is 0.222. The van der Waals surface area contributed by atoms with Crippen molar-refractivity contribution in [2.24, 2.45) is 5.92 Å². The third-order valence-corrected chi connectivity index (χ3v) is 4.50. The van der Waals surface area contributed by atoms with Gasteiger partial charge in [-0.25, -0.2) is 4.39 Å². The van der Waals surface area contributed by atoms with E-state index in [1.807, 2.05) is 30.3 Å². The maximum Gasteiger partial charge on any atom is 0.146 e. The van der Waals surface area contributed by atoms with Crippen molar-refractivity contribution < 1.29 is 4.39 Å². The molecule has 2 aromatic rings. The molecule has 2 heteroatoms. The minimum atomic E-state index is -0.151. The normalized spacial score (nSPS) is 26.8. The first kappa shape index (κ1) is 11.7. The lowest BCUT2D eigenvalue weighted by Gasteiger charge is -2.37. The van der Waals surface area contributed by atoms with Crippen molar-refractivity contribution in [3.05, 3.63) is 77.6 Å². The van der Waals surface area contributed by atoms with Crippen LogP contribution >= 0.6 is 0 Å². The number of anilines is 1. The van der Waals surface area contributed by atoms with Crippen LogP contribution in [0.1, 0.15) is 29.5 Å². The molecule has 4 rings (SSSR count). The van der Waals surface area contributed by atoms with E-state index in [9.17, 15) is 4.39 Å². The van der Waals surface area contributed by atoms with Crippen molar-refractivity contribution >= 4 is 5.69 Å². The number of allylic oxidation sites excluding steroid dienone is 2. The number of fused-ring (bicyclic) bond motifs is 3. The van der Waals surface area contributed by atoms with Gasteiger partial charge in [-0.15, -0.1) is 0 Å². The average molecular weight is 265 g/mol. The summed E-state index contributed by atoms with van der Waals surface area (Å²) in [6.45, 7) is 0. The van der Waals surface area contributed by atoms with Crippen molar-refractivity contribution in [2.45, 2.75) is 18.4 Å². The molecule has 20 heavy (non-hydrogen) atoms. The Morgan fingerprint density at radius 3 is 2.70 bits per heavy atom. The molecule has 2 aliphatic rings. The molecule has 1 N–H and O–H groups in total. The summed E-state index contributed by atoms with van der Waals surface area (Å²) in [7, 11) is 0. The molecule has 2 aromatic carbocycles. The fourth-order valence-corrected chi connectivity index (χ4v) is 3.57. The van der Waals surface area contributed by atoms with Gasteiger partial charge in [0.15, 0.2) is 0 Å². The molecule has 3 atom stereocenters. The smallest absolute Gasteiger partial charge is 0.146 e. The Hall–Kier alpha value is -2.09. The molecule has 0 unspecified atom stereocenters. The third-order valence-electron chi connectivity index (χ3n) is 4.50. The minimum absolute atomic E-state index is 0.151. The highest BCUT2D eigenvalue weighted by atomic mass is 19.1. The molecule has 0 fully saturated rings. The van der Waals surface area contributed by atoms with Crippen LogP contribution in [0.5, 0.6) is 0 Å². The first-order valence-corrected chi connectivity index (χ1v) is 7.11. The lowest BCUT2D eigenvalue weighted by molar-refractivity contribution is 0.421. The number of halogens is 1. The minimum Gasteiger partial charge on any atom is -0.375 e. The van der Waals surface area contributed by atoms with E-state index in [0.717, 1.165) is 12.0 Å². The monoisotopic (exact) mass is 265 g/mol. The quantitative estimate of drug-likeness (QED) is 0.740. The molecule has 0 bridgehead atoms. The molecule has 1 nitrogen and oxygen atoms in total. The average Bonchev–Trinajstić information content (AvgIpc) is 2.97. The Morgan fingerprint density at radius 1 is 1.00 bits per heavy atom. The van der Waals surface area contributed by atoms with Gasteiger partial charge >= 0.3 is 0 Å². The number of hydrogen-bond acceptors (Lipinski definition) is 1. The van der Waals surface area contributed by atoms with Crippen LogP contribution in [0.15, 0.2) is 60.7 Å². The van der Waals surface area contributed by atoms with Gasteiger partial charge in [0.05, 0.1) is 11.7 Å². The van der Waals surface area contributed by atoms with Crippen LogP contribution in [-0.4, -0.2) is 0 Å². The number of rotatable bonds is 1. The van der Waals surface area contributed by atoms with Crippen molar-refractivity contribution in [1.29, 1.82) is 0 Å². The predicted molar refractivity (Wildman–Crippen MR) is 79.2 cm³/mol. The number of para-hydroxylation sites is 1. The zero-order valence-electron chi connectivity index (χ0n) is 11.1. The van der Waals surface area contributed by atoms with E-state index in [1.54, 1.807) is 0 Å². The molecular formula is C18H16FN. The van der Waals surface area contributed by atoms with Gasteiger partial charge in [-0.1, -0.05) is 54.6 Å². The lowest BCUT2D eigenvalue weighted by Crippen LogP contribution is -2.29. The summed E-state index contributed by atoms with van der Waals surface area (Å²) in [5.41, 5.74) is 3.00. The van der Waals surface area contributed by atoms with Crippen LogP contribution in [0.3, 0.4) is 0 Å². The molecule has 100 valence electrons. The largest absolute Gasteiger partial charge is 0.375 e. The third kappa shape index (κ3) is 1.68. The Kier molecular flexibility index (Phi) is 2.62. The zero-order chi connectivity index (χ0) is 13.5. The number of benzene rings is 2. The number of hydrogen-bond donors (Lipinski definition) is 1. The molecule has 0 radical (unpaired) electrons. The molecule has 0 aromatic heterocycles. The molecule has 1 aliphatic carbocycles. The van der Waals surface area contributed by atoms with E-state index < -0.39 is 0 Å². The van der Waals surface area contributed by atoms with Crippen molar-refractivity contribution in [1.82, 2.24) is 0 Å². The molecule has 0 spiro atoms. The van der Waals surface area contributed by atoms with E-state index in [-0.39, 0.29) is 11.9 Å². The van der Waals surface area contributed by atoms with Gasteiger partial charge < -0.3 is 5.32 Å². The van der Waals surface area contributed by atoms with Crippen molar-refractivity contribution in [2.75, 3.05) is 5.32 Å². The zero-order valence-corrected chi connectivity index (χ0v) is 11.1. The highest BCUT2D eigenvalue weighted by Crippen LogP contribution is 2.50. The summed E-state index contributed by atoms with van der Waals surface area (Å²) >= 11 is 0. The molecule has 0 amide bonds. The van der Waals surface area contributed by atoms with Gasteiger partial charge in [0.25, 0.3) is 0 Å². The Labute approximate surface area is 118 Å². The summed E-state index contributed by atoms with van der Waals surface area (Å²) in [6, 6.07) is 15.9. The topological polar surface area (TPSA) is 12.0 Å². The van der Waals surface area contributed by atoms with Crippen LogP contribution in [-0.2, 0) is 0 Å². The van der Waals surface area contributed by atoms with Gasteiger partial charge in [0, 0.05) is 5.92 Å². The number of nitrogens with one attached hydrogen (secondary N) is 1. The Bertz CT molecular complexity index is 662. The second-order valence-corrected chi connectivity index (χ2v) is 5.59. The summed E-state index contributed by atoms with van der Waals surface area (Å²) in [5.74, 6) is 0.654. The first-order valence-electron chi connectivity index (χ1n) is 7.11. The fourth-order valence-electron chi connectivity index (χ4n) is 3.57. The maximum atomic E-state index is 14.1. The van der Waals surface area contributed by atoms with Crippen LogP contribution in [0.25, 0.3) is 0 Å². The highest BCUT2D eigenvalue weighted by Gasteiger charge is 2.38. The van der Waals surface area contributed by atoms with Gasteiger partial charge in [0.1, 0.15) is 5.82 Å². The molecular weight excluding hydrogens is 249 g/mol. The van der Waals surface area contributed by atoms with Gasteiger partial charge in [-0.05, 0) is 29.5 Å². The Balaban J connectivity index is 1.83. The van der Waals surface area contributed by atoms with Gasteiger partial charge in [-0.3, -0.25) is 0 Å². The molecule has 1 aliphatic heterocycles. The maximum absolute atomic E-state index is 14.1. The highest BCUT2D eigenvalue weighted by molar-refractivity contribution is 5.60. The molecule has 0 saturated carbocycles. The van der Waals surface area contributed by atoms with Gasteiger partial charge in [0.2, 0.25) is 0 Å².